The second kappa shape index (κ2) is 8.75. The molecule has 0 radical (unpaired) electrons. The van der Waals surface area contributed by atoms with E-state index in [1.807, 2.05) is 84.9 Å². The Morgan fingerprint density at radius 1 is 0.676 bits per heavy atom. The van der Waals surface area contributed by atoms with Crippen molar-refractivity contribution in [2.45, 2.75) is 13.8 Å². The lowest BCUT2D eigenvalue weighted by Gasteiger charge is -2.09. The maximum atomic E-state index is 12.6. The molecule has 0 fully saturated rings. The summed E-state index contributed by atoms with van der Waals surface area (Å²) in [6.07, 6.45) is 3.47. The van der Waals surface area contributed by atoms with Crippen LogP contribution in [-0.2, 0) is 0 Å². The number of carbonyl (C=O) groups excluding carboxylic acids is 2. The maximum Gasteiger partial charge on any atom is 0.229 e. The summed E-state index contributed by atoms with van der Waals surface area (Å²) in [5, 5.41) is 0. The summed E-state index contributed by atoms with van der Waals surface area (Å²) >= 11 is 0. The fourth-order valence-corrected chi connectivity index (χ4v) is 4.05. The van der Waals surface area contributed by atoms with Gasteiger partial charge >= 0.3 is 0 Å². The summed E-state index contributed by atoms with van der Waals surface area (Å²) in [6, 6.07) is 27.0. The minimum atomic E-state index is -0.121. The molecular formula is C28H22N4O2. The highest BCUT2D eigenvalue weighted by Crippen LogP contribution is 2.31. The zero-order valence-electron chi connectivity index (χ0n) is 18.8. The fraction of sp³-hybridized carbons (Fsp3) is 0.0714. The minimum absolute atomic E-state index is 0.115. The van der Waals surface area contributed by atoms with Crippen LogP contribution in [0.15, 0.2) is 97.3 Å². The van der Waals surface area contributed by atoms with Crippen molar-refractivity contribution in [3.63, 3.8) is 0 Å². The Morgan fingerprint density at radius 2 is 1.26 bits per heavy atom. The van der Waals surface area contributed by atoms with Crippen LogP contribution >= 0.6 is 0 Å². The summed E-state index contributed by atoms with van der Waals surface area (Å²) in [5.74, 6) is 0.953. The first-order valence-electron chi connectivity index (χ1n) is 10.9. The van der Waals surface area contributed by atoms with Gasteiger partial charge in [-0.1, -0.05) is 78.9 Å². The quantitative estimate of drug-likeness (QED) is 0.336. The number of carbonyl (C=O) groups is 2. The van der Waals surface area contributed by atoms with Crippen LogP contribution in [0.4, 0.5) is 0 Å². The molecule has 0 spiro atoms. The molecule has 5 aromatic rings. The Hall–Kier alpha value is -4.58. The third kappa shape index (κ3) is 3.86. The Balaban J connectivity index is 1.61. The van der Waals surface area contributed by atoms with E-state index in [1.165, 1.54) is 13.8 Å². The summed E-state index contributed by atoms with van der Waals surface area (Å²) in [5.41, 5.74) is 4.78. The molecule has 166 valence electrons. The fourth-order valence-electron chi connectivity index (χ4n) is 4.05. The molecule has 0 amide bonds. The molecule has 5 rings (SSSR count). The predicted octanol–water partition coefficient (Wildman–Crippen LogP) is 6.07. The highest BCUT2D eigenvalue weighted by atomic mass is 16.2. The molecule has 0 N–H and O–H groups in total. The third-order valence-electron chi connectivity index (χ3n) is 5.64. The molecule has 0 saturated carbocycles. The molecule has 2 aromatic heterocycles. The van der Waals surface area contributed by atoms with Gasteiger partial charge in [0.05, 0.1) is 17.6 Å². The van der Waals surface area contributed by atoms with Crippen LogP contribution in [0.1, 0.15) is 23.4 Å². The molecule has 0 aliphatic rings. The molecule has 3 aromatic carbocycles. The van der Waals surface area contributed by atoms with Gasteiger partial charge in [-0.2, -0.15) is 0 Å². The number of aromatic nitrogens is 4. The average Bonchev–Trinajstić information content (AvgIpc) is 3.51. The number of rotatable bonds is 4. The average molecular weight is 447 g/mol. The van der Waals surface area contributed by atoms with E-state index >= 15 is 0 Å². The van der Waals surface area contributed by atoms with Crippen molar-refractivity contribution in [3.05, 3.63) is 97.3 Å². The third-order valence-corrected chi connectivity index (χ3v) is 5.64. The van der Waals surface area contributed by atoms with Gasteiger partial charge in [0, 0.05) is 42.3 Å². The van der Waals surface area contributed by atoms with Crippen molar-refractivity contribution >= 4 is 11.8 Å². The van der Waals surface area contributed by atoms with Crippen molar-refractivity contribution < 1.29 is 9.59 Å². The van der Waals surface area contributed by atoms with Crippen LogP contribution in [0, 0.1) is 0 Å². The SMILES string of the molecule is CC(=O)n1cc(-c2cccc(-c3cnc(-c4ccccc4)n3C(C)=O)c2)nc1-c1ccccc1. The van der Waals surface area contributed by atoms with Gasteiger partial charge in [-0.3, -0.25) is 18.7 Å². The van der Waals surface area contributed by atoms with Crippen molar-refractivity contribution in [1.29, 1.82) is 0 Å². The van der Waals surface area contributed by atoms with Crippen LogP contribution in [0.3, 0.4) is 0 Å². The van der Waals surface area contributed by atoms with Gasteiger partial charge in [-0.25, -0.2) is 9.97 Å². The maximum absolute atomic E-state index is 12.6. The van der Waals surface area contributed by atoms with Gasteiger partial charge < -0.3 is 0 Å². The number of hydrogen-bond acceptors (Lipinski definition) is 4. The van der Waals surface area contributed by atoms with Gasteiger partial charge in [0.25, 0.3) is 0 Å². The summed E-state index contributed by atoms with van der Waals surface area (Å²) in [4.78, 5) is 34.2. The van der Waals surface area contributed by atoms with Gasteiger partial charge in [0.1, 0.15) is 11.6 Å². The van der Waals surface area contributed by atoms with E-state index in [1.54, 1.807) is 21.5 Å². The lowest BCUT2D eigenvalue weighted by Crippen LogP contribution is -2.09. The summed E-state index contributed by atoms with van der Waals surface area (Å²) < 4.78 is 3.18. The molecule has 0 saturated heterocycles. The number of imidazole rings is 2. The molecule has 6 nitrogen and oxygen atoms in total. The Labute approximate surface area is 197 Å². The standard InChI is InChI=1S/C28H22N4O2/c1-19(33)31-18-25(30-28(31)22-12-7-4-8-13-22)23-14-9-15-24(16-23)26-17-29-27(32(26)20(2)34)21-10-5-3-6-11-21/h3-18H,1-2H3. The van der Waals surface area contributed by atoms with Crippen LogP contribution in [0.2, 0.25) is 0 Å². The Kier molecular flexibility index (Phi) is 5.47. The molecule has 0 aliphatic carbocycles. The first kappa shape index (κ1) is 21.3. The van der Waals surface area contributed by atoms with Crippen LogP contribution in [0.25, 0.3) is 45.3 Å². The summed E-state index contributed by atoms with van der Waals surface area (Å²) in [7, 11) is 0. The van der Waals surface area contributed by atoms with Crippen LogP contribution in [0.5, 0.6) is 0 Å². The van der Waals surface area contributed by atoms with E-state index in [0.717, 1.165) is 22.3 Å². The topological polar surface area (TPSA) is 69.8 Å². The molecule has 0 aliphatic heterocycles. The lowest BCUT2D eigenvalue weighted by molar-refractivity contribution is 0.0930. The molecule has 0 bridgehead atoms. The predicted molar refractivity (Wildman–Crippen MR) is 132 cm³/mol. The van der Waals surface area contributed by atoms with E-state index in [2.05, 4.69) is 4.98 Å². The first-order chi connectivity index (χ1) is 16.5. The van der Waals surface area contributed by atoms with E-state index in [4.69, 9.17) is 4.98 Å². The van der Waals surface area contributed by atoms with Crippen molar-refractivity contribution in [1.82, 2.24) is 19.1 Å². The second-order valence-corrected chi connectivity index (χ2v) is 7.97. The first-order valence-corrected chi connectivity index (χ1v) is 10.9. The summed E-state index contributed by atoms with van der Waals surface area (Å²) in [6.45, 7) is 3.05. The molecular weight excluding hydrogens is 424 g/mol. The molecule has 34 heavy (non-hydrogen) atoms. The van der Waals surface area contributed by atoms with Crippen LogP contribution < -0.4 is 0 Å². The van der Waals surface area contributed by atoms with Crippen molar-refractivity contribution in [3.8, 4) is 45.3 Å². The number of benzene rings is 3. The highest BCUT2D eigenvalue weighted by molar-refractivity contribution is 5.88. The van der Waals surface area contributed by atoms with Crippen LogP contribution in [-0.4, -0.2) is 30.9 Å². The van der Waals surface area contributed by atoms with Crippen molar-refractivity contribution in [2.75, 3.05) is 0 Å². The van der Waals surface area contributed by atoms with Gasteiger partial charge in [-0.15, -0.1) is 0 Å². The molecule has 0 unspecified atom stereocenters. The van der Waals surface area contributed by atoms with E-state index in [9.17, 15) is 9.59 Å². The monoisotopic (exact) mass is 446 g/mol. The smallest absolute Gasteiger partial charge is 0.229 e. The lowest BCUT2D eigenvalue weighted by atomic mass is 10.1. The number of hydrogen-bond donors (Lipinski definition) is 0. The Morgan fingerprint density at radius 3 is 1.88 bits per heavy atom. The number of nitrogens with zero attached hydrogens (tertiary/aromatic N) is 4. The van der Waals surface area contributed by atoms with E-state index < -0.39 is 0 Å². The van der Waals surface area contributed by atoms with Gasteiger partial charge in [0.15, 0.2) is 0 Å². The van der Waals surface area contributed by atoms with E-state index in [-0.39, 0.29) is 11.8 Å². The van der Waals surface area contributed by atoms with Gasteiger partial charge in [0.2, 0.25) is 11.8 Å². The van der Waals surface area contributed by atoms with E-state index in [0.29, 0.717) is 23.0 Å². The molecule has 0 atom stereocenters. The normalized spacial score (nSPS) is 10.9. The molecule has 6 heteroatoms. The highest BCUT2D eigenvalue weighted by Gasteiger charge is 2.18. The molecule has 2 heterocycles. The zero-order chi connectivity index (χ0) is 23.7. The largest absolute Gasteiger partial charge is 0.274 e. The minimum Gasteiger partial charge on any atom is -0.274 e. The second-order valence-electron chi connectivity index (χ2n) is 7.97. The van der Waals surface area contributed by atoms with Crippen molar-refractivity contribution in [2.24, 2.45) is 0 Å². The van der Waals surface area contributed by atoms with Gasteiger partial charge in [-0.05, 0) is 6.07 Å². The zero-order valence-corrected chi connectivity index (χ0v) is 18.8. The Bertz CT molecular complexity index is 1500.